The molecule has 2 saturated heterocycles. The Labute approximate surface area is 155 Å². The van der Waals surface area contributed by atoms with Crippen LogP contribution in [0.5, 0.6) is 0 Å². The number of ether oxygens (including phenoxy) is 1. The minimum Gasteiger partial charge on any atom is -0.375 e. The van der Waals surface area contributed by atoms with Gasteiger partial charge in [-0.25, -0.2) is 0 Å². The highest BCUT2D eigenvalue weighted by Gasteiger charge is 2.34. The molecule has 2 atom stereocenters. The predicted molar refractivity (Wildman–Crippen MR) is 98.0 cm³/mol. The minimum atomic E-state index is 0.0304. The van der Waals surface area contributed by atoms with Gasteiger partial charge in [0.2, 0.25) is 5.91 Å². The molecule has 26 heavy (non-hydrogen) atoms. The number of nitrogens with zero attached hydrogens (tertiary/aromatic N) is 3. The Morgan fingerprint density at radius 3 is 2.46 bits per heavy atom. The van der Waals surface area contributed by atoms with Crippen molar-refractivity contribution in [2.75, 3.05) is 26.8 Å². The lowest BCUT2D eigenvalue weighted by Gasteiger charge is -2.39. The molecule has 0 spiro atoms. The maximum absolute atomic E-state index is 13.2. The zero-order valence-electron chi connectivity index (χ0n) is 16.0. The number of likely N-dealkylation sites (tertiary alicyclic amines) is 2. The summed E-state index contributed by atoms with van der Waals surface area (Å²) < 4.78 is 4.94. The number of H-pyrrole nitrogens is 1. The summed E-state index contributed by atoms with van der Waals surface area (Å²) in [7, 11) is 1.54. The Morgan fingerprint density at radius 2 is 1.85 bits per heavy atom. The Hall–Kier alpha value is -1.89. The predicted octanol–water partition coefficient (Wildman–Crippen LogP) is 2.17. The summed E-state index contributed by atoms with van der Waals surface area (Å²) in [6.45, 7) is 5.77. The quantitative estimate of drug-likeness (QED) is 0.890. The first-order valence-corrected chi connectivity index (χ1v) is 9.65. The van der Waals surface area contributed by atoms with Crippen molar-refractivity contribution in [2.24, 2.45) is 0 Å². The molecule has 1 aromatic heterocycles. The van der Waals surface area contributed by atoms with Crippen LogP contribution in [-0.2, 0) is 9.53 Å². The fourth-order valence-corrected chi connectivity index (χ4v) is 4.37. The van der Waals surface area contributed by atoms with E-state index in [1.165, 1.54) is 13.5 Å². The van der Waals surface area contributed by atoms with Gasteiger partial charge in [-0.3, -0.25) is 14.7 Å². The monoisotopic (exact) mass is 362 g/mol. The molecule has 7 heteroatoms. The molecular formula is C19H30N4O3. The molecule has 2 aliphatic heterocycles. The van der Waals surface area contributed by atoms with Crippen molar-refractivity contribution in [1.29, 1.82) is 0 Å². The SMILES string of the molecule is COCC(=O)N1CCC(c2[nH]ncc2C(=O)N2[C@H](C)CCC[C@@H]2C)CC1. The normalized spacial score (nSPS) is 24.7. The maximum atomic E-state index is 13.2. The summed E-state index contributed by atoms with van der Waals surface area (Å²) in [6.07, 6.45) is 6.64. The van der Waals surface area contributed by atoms with Crippen LogP contribution in [-0.4, -0.2) is 70.7 Å². The van der Waals surface area contributed by atoms with E-state index < -0.39 is 0 Å². The van der Waals surface area contributed by atoms with Gasteiger partial charge in [-0.2, -0.15) is 5.10 Å². The van der Waals surface area contributed by atoms with E-state index in [0.29, 0.717) is 18.7 Å². The number of aromatic nitrogens is 2. The van der Waals surface area contributed by atoms with Gasteiger partial charge in [-0.05, 0) is 46.0 Å². The summed E-state index contributed by atoms with van der Waals surface area (Å²) in [4.78, 5) is 29.0. The first kappa shape index (κ1) is 18.9. The average Bonchev–Trinajstić information content (AvgIpc) is 3.11. The molecule has 1 aromatic rings. The topological polar surface area (TPSA) is 78.5 Å². The molecule has 0 bridgehead atoms. The van der Waals surface area contributed by atoms with Gasteiger partial charge in [0.25, 0.3) is 5.91 Å². The summed E-state index contributed by atoms with van der Waals surface area (Å²) in [5.74, 6) is 0.354. The highest BCUT2D eigenvalue weighted by atomic mass is 16.5. The number of nitrogens with one attached hydrogen (secondary N) is 1. The molecule has 0 aromatic carbocycles. The molecule has 2 amide bonds. The number of aromatic amines is 1. The summed E-state index contributed by atoms with van der Waals surface area (Å²) >= 11 is 0. The number of piperidine rings is 2. The second-order valence-electron chi connectivity index (χ2n) is 7.63. The third-order valence-electron chi connectivity index (χ3n) is 5.85. The number of carbonyl (C=O) groups is 2. The van der Waals surface area contributed by atoms with E-state index in [0.717, 1.165) is 31.4 Å². The van der Waals surface area contributed by atoms with Crippen molar-refractivity contribution in [3.8, 4) is 0 Å². The molecule has 2 fully saturated rings. The number of hydrogen-bond acceptors (Lipinski definition) is 4. The van der Waals surface area contributed by atoms with Gasteiger partial charge in [-0.1, -0.05) is 0 Å². The molecule has 0 saturated carbocycles. The van der Waals surface area contributed by atoms with Crippen molar-refractivity contribution >= 4 is 11.8 Å². The fraction of sp³-hybridized carbons (Fsp3) is 0.737. The first-order valence-electron chi connectivity index (χ1n) is 9.65. The van der Waals surface area contributed by atoms with Gasteiger partial charge in [0.15, 0.2) is 0 Å². The third kappa shape index (κ3) is 3.77. The third-order valence-corrected chi connectivity index (χ3v) is 5.85. The van der Waals surface area contributed by atoms with Crippen LogP contribution in [0.2, 0.25) is 0 Å². The molecule has 0 aliphatic carbocycles. The Bertz CT molecular complexity index is 626. The Balaban J connectivity index is 1.69. The number of rotatable bonds is 4. The van der Waals surface area contributed by atoms with Gasteiger partial charge in [0.1, 0.15) is 6.61 Å². The highest BCUT2D eigenvalue weighted by Crippen LogP contribution is 2.31. The van der Waals surface area contributed by atoms with E-state index in [1.54, 1.807) is 6.20 Å². The summed E-state index contributed by atoms with van der Waals surface area (Å²) in [5, 5.41) is 7.24. The lowest BCUT2D eigenvalue weighted by molar-refractivity contribution is -0.136. The van der Waals surface area contributed by atoms with Gasteiger partial charge in [0, 0.05) is 38.2 Å². The van der Waals surface area contributed by atoms with Crippen LogP contribution in [0, 0.1) is 0 Å². The van der Waals surface area contributed by atoms with Crippen LogP contribution in [0.15, 0.2) is 6.20 Å². The molecule has 144 valence electrons. The van der Waals surface area contributed by atoms with Gasteiger partial charge in [-0.15, -0.1) is 0 Å². The van der Waals surface area contributed by atoms with Gasteiger partial charge < -0.3 is 14.5 Å². The van der Waals surface area contributed by atoms with Crippen molar-refractivity contribution in [1.82, 2.24) is 20.0 Å². The fourth-order valence-electron chi connectivity index (χ4n) is 4.37. The van der Waals surface area contributed by atoms with E-state index in [1.807, 2.05) is 9.80 Å². The molecule has 2 aliphatic rings. The molecule has 3 rings (SSSR count). The molecule has 7 nitrogen and oxygen atoms in total. The number of hydrogen-bond donors (Lipinski definition) is 1. The zero-order valence-corrected chi connectivity index (χ0v) is 16.0. The molecule has 0 radical (unpaired) electrons. The smallest absolute Gasteiger partial charge is 0.257 e. The second kappa shape index (κ2) is 8.20. The summed E-state index contributed by atoms with van der Waals surface area (Å²) in [5.41, 5.74) is 1.63. The van der Waals surface area contributed by atoms with Crippen molar-refractivity contribution in [3.05, 3.63) is 17.5 Å². The number of carbonyl (C=O) groups excluding carboxylic acids is 2. The van der Waals surface area contributed by atoms with E-state index in [-0.39, 0.29) is 36.4 Å². The number of amides is 2. The second-order valence-corrected chi connectivity index (χ2v) is 7.63. The minimum absolute atomic E-state index is 0.0304. The lowest BCUT2D eigenvalue weighted by Crippen LogP contribution is -2.47. The van der Waals surface area contributed by atoms with Crippen molar-refractivity contribution in [3.63, 3.8) is 0 Å². The van der Waals surface area contributed by atoms with Crippen molar-refractivity contribution < 1.29 is 14.3 Å². The van der Waals surface area contributed by atoms with Gasteiger partial charge >= 0.3 is 0 Å². The summed E-state index contributed by atoms with van der Waals surface area (Å²) in [6, 6.07) is 0.532. The molecule has 0 unspecified atom stereocenters. The standard InChI is InChI=1S/C19H30N4O3/c1-13-5-4-6-14(2)23(13)19(25)16-11-20-21-18(16)15-7-9-22(10-8-15)17(24)12-26-3/h11,13-15H,4-10,12H2,1-3H3,(H,20,21)/t13-,14+. The number of methoxy groups -OCH3 is 1. The van der Waals surface area contributed by atoms with Crippen LogP contribution in [0.3, 0.4) is 0 Å². The van der Waals surface area contributed by atoms with E-state index in [4.69, 9.17) is 4.74 Å². The van der Waals surface area contributed by atoms with Crippen LogP contribution < -0.4 is 0 Å². The van der Waals surface area contributed by atoms with E-state index in [2.05, 4.69) is 24.0 Å². The van der Waals surface area contributed by atoms with Gasteiger partial charge in [0.05, 0.1) is 17.5 Å². The Morgan fingerprint density at radius 1 is 1.19 bits per heavy atom. The zero-order chi connectivity index (χ0) is 18.7. The maximum Gasteiger partial charge on any atom is 0.257 e. The lowest BCUT2D eigenvalue weighted by atomic mass is 9.90. The largest absolute Gasteiger partial charge is 0.375 e. The Kier molecular flexibility index (Phi) is 5.96. The van der Waals surface area contributed by atoms with Crippen molar-refractivity contribution in [2.45, 2.75) is 64.0 Å². The highest BCUT2D eigenvalue weighted by molar-refractivity contribution is 5.95. The molecule has 1 N–H and O–H groups in total. The van der Waals surface area contributed by atoms with E-state index in [9.17, 15) is 9.59 Å². The van der Waals surface area contributed by atoms with Crippen LogP contribution in [0.1, 0.15) is 67.9 Å². The average molecular weight is 362 g/mol. The molecule has 3 heterocycles. The molecular weight excluding hydrogens is 332 g/mol. The van der Waals surface area contributed by atoms with E-state index >= 15 is 0 Å². The van der Waals surface area contributed by atoms with Crippen LogP contribution in [0.4, 0.5) is 0 Å². The first-order chi connectivity index (χ1) is 12.5. The van der Waals surface area contributed by atoms with Crippen LogP contribution in [0.25, 0.3) is 0 Å². The van der Waals surface area contributed by atoms with Crippen LogP contribution >= 0.6 is 0 Å².